The predicted octanol–water partition coefficient (Wildman–Crippen LogP) is 1.78. The van der Waals surface area contributed by atoms with Crippen molar-refractivity contribution in [2.45, 2.75) is 18.3 Å². The molecule has 0 aromatic heterocycles. The standard InChI is InChI=1S/C11H8F2O4/c12-7-4-6(11(1-2-11)10(16)17)8(13)3-5(7)9(14)15/h3-4H,1-2H2,(H,14,15)(H,16,17). The molecule has 1 aliphatic carbocycles. The van der Waals surface area contributed by atoms with Crippen LogP contribution in [0.2, 0.25) is 0 Å². The molecule has 4 nitrogen and oxygen atoms in total. The van der Waals surface area contributed by atoms with Gasteiger partial charge in [0, 0.05) is 5.56 Å². The molecular formula is C11H8F2O4. The van der Waals surface area contributed by atoms with Crippen LogP contribution in [0.4, 0.5) is 8.78 Å². The van der Waals surface area contributed by atoms with Crippen LogP contribution < -0.4 is 0 Å². The molecule has 0 radical (unpaired) electrons. The molecule has 1 aromatic carbocycles. The second-order valence-corrected chi connectivity index (χ2v) is 4.00. The van der Waals surface area contributed by atoms with Gasteiger partial charge in [0.2, 0.25) is 0 Å². The highest BCUT2D eigenvalue weighted by Crippen LogP contribution is 2.49. The Labute approximate surface area is 94.5 Å². The highest BCUT2D eigenvalue weighted by atomic mass is 19.1. The first-order valence-corrected chi connectivity index (χ1v) is 4.85. The van der Waals surface area contributed by atoms with E-state index in [4.69, 9.17) is 10.2 Å². The maximum Gasteiger partial charge on any atom is 0.338 e. The minimum absolute atomic E-state index is 0.227. The fraction of sp³-hybridized carbons (Fsp3) is 0.273. The smallest absolute Gasteiger partial charge is 0.338 e. The topological polar surface area (TPSA) is 74.6 Å². The Balaban J connectivity index is 2.55. The molecule has 0 spiro atoms. The third-order valence-electron chi connectivity index (χ3n) is 2.96. The van der Waals surface area contributed by atoms with Crippen molar-refractivity contribution in [2.24, 2.45) is 0 Å². The number of hydrogen-bond acceptors (Lipinski definition) is 2. The SMILES string of the molecule is O=C(O)c1cc(F)c(C2(C(=O)O)CC2)cc1F. The number of carbonyl (C=O) groups is 2. The van der Waals surface area contributed by atoms with Crippen molar-refractivity contribution in [1.82, 2.24) is 0 Å². The van der Waals surface area contributed by atoms with Gasteiger partial charge in [0.25, 0.3) is 0 Å². The number of benzene rings is 1. The summed E-state index contributed by atoms with van der Waals surface area (Å²) in [7, 11) is 0. The second kappa shape index (κ2) is 3.51. The van der Waals surface area contributed by atoms with Gasteiger partial charge in [0.1, 0.15) is 11.6 Å². The maximum absolute atomic E-state index is 13.6. The summed E-state index contributed by atoms with van der Waals surface area (Å²) in [4.78, 5) is 21.5. The fourth-order valence-electron chi connectivity index (χ4n) is 1.80. The summed E-state index contributed by atoms with van der Waals surface area (Å²) in [6.07, 6.45) is 0.455. The van der Waals surface area contributed by atoms with E-state index >= 15 is 0 Å². The molecule has 2 rings (SSSR count). The summed E-state index contributed by atoms with van der Waals surface area (Å²) in [5.41, 5.74) is -2.47. The zero-order valence-electron chi connectivity index (χ0n) is 8.54. The molecule has 0 aliphatic heterocycles. The van der Waals surface area contributed by atoms with Crippen molar-refractivity contribution >= 4 is 11.9 Å². The molecule has 0 bridgehead atoms. The van der Waals surface area contributed by atoms with Crippen LogP contribution in [0.15, 0.2) is 12.1 Å². The van der Waals surface area contributed by atoms with Crippen molar-refractivity contribution in [2.75, 3.05) is 0 Å². The molecule has 1 aliphatic rings. The molecule has 2 N–H and O–H groups in total. The predicted molar refractivity (Wildman–Crippen MR) is 51.9 cm³/mol. The number of carboxylic acids is 2. The van der Waals surface area contributed by atoms with Crippen molar-refractivity contribution in [3.8, 4) is 0 Å². The lowest BCUT2D eigenvalue weighted by molar-refractivity contribution is -0.140. The molecule has 0 unspecified atom stereocenters. The minimum atomic E-state index is -1.59. The summed E-state index contributed by atoms with van der Waals surface area (Å²) in [6.45, 7) is 0. The Kier molecular flexibility index (Phi) is 2.38. The molecule has 1 fully saturated rings. The number of halogens is 2. The van der Waals surface area contributed by atoms with E-state index in [1.807, 2.05) is 0 Å². The van der Waals surface area contributed by atoms with Gasteiger partial charge >= 0.3 is 11.9 Å². The number of aliphatic carboxylic acids is 1. The summed E-state index contributed by atoms with van der Waals surface area (Å²) < 4.78 is 27.0. The highest BCUT2D eigenvalue weighted by molar-refractivity contribution is 5.89. The molecule has 0 amide bonds. The summed E-state index contributed by atoms with van der Waals surface area (Å²) in [5.74, 6) is -4.93. The van der Waals surface area contributed by atoms with E-state index in [9.17, 15) is 18.4 Å². The lowest BCUT2D eigenvalue weighted by Gasteiger charge is -2.12. The first-order chi connectivity index (χ1) is 7.88. The van der Waals surface area contributed by atoms with Gasteiger partial charge in [-0.1, -0.05) is 0 Å². The van der Waals surface area contributed by atoms with Crippen LogP contribution in [0.1, 0.15) is 28.8 Å². The zero-order chi connectivity index (χ0) is 12.8. The summed E-state index contributed by atoms with van der Waals surface area (Å²) in [6, 6.07) is 1.19. The quantitative estimate of drug-likeness (QED) is 0.847. The summed E-state index contributed by atoms with van der Waals surface area (Å²) >= 11 is 0. The Morgan fingerprint density at radius 2 is 1.71 bits per heavy atom. The normalized spacial score (nSPS) is 16.6. The number of carboxylic acid groups (broad SMARTS) is 2. The van der Waals surface area contributed by atoms with E-state index in [1.165, 1.54) is 0 Å². The molecule has 90 valence electrons. The number of hydrogen-bond donors (Lipinski definition) is 2. The van der Waals surface area contributed by atoms with Gasteiger partial charge in [0.05, 0.1) is 11.0 Å². The van der Waals surface area contributed by atoms with Gasteiger partial charge in [-0.05, 0) is 25.0 Å². The van der Waals surface area contributed by atoms with E-state index < -0.39 is 34.6 Å². The Morgan fingerprint density at radius 3 is 2.12 bits per heavy atom. The molecule has 0 heterocycles. The molecule has 0 saturated heterocycles. The van der Waals surface area contributed by atoms with Gasteiger partial charge in [-0.25, -0.2) is 13.6 Å². The molecular weight excluding hydrogens is 234 g/mol. The van der Waals surface area contributed by atoms with E-state index in [0.717, 1.165) is 0 Å². The van der Waals surface area contributed by atoms with Crippen molar-refractivity contribution < 1.29 is 28.6 Å². The van der Waals surface area contributed by atoms with E-state index in [0.29, 0.717) is 12.1 Å². The second-order valence-electron chi connectivity index (χ2n) is 4.00. The Bertz CT molecular complexity index is 520. The van der Waals surface area contributed by atoms with Gasteiger partial charge < -0.3 is 10.2 Å². The third kappa shape index (κ3) is 1.65. The monoisotopic (exact) mass is 242 g/mol. The van der Waals surface area contributed by atoms with Crippen LogP contribution in [0.25, 0.3) is 0 Å². The first kappa shape index (κ1) is 11.5. The first-order valence-electron chi connectivity index (χ1n) is 4.85. The van der Waals surface area contributed by atoms with Crippen LogP contribution >= 0.6 is 0 Å². The van der Waals surface area contributed by atoms with Crippen LogP contribution in [0, 0.1) is 11.6 Å². The van der Waals surface area contributed by atoms with Crippen LogP contribution in [0.5, 0.6) is 0 Å². The maximum atomic E-state index is 13.6. The molecule has 1 saturated carbocycles. The number of aromatic carboxylic acids is 1. The third-order valence-corrected chi connectivity index (χ3v) is 2.96. The molecule has 17 heavy (non-hydrogen) atoms. The van der Waals surface area contributed by atoms with E-state index in [2.05, 4.69) is 0 Å². The molecule has 1 aromatic rings. The van der Waals surface area contributed by atoms with Gasteiger partial charge in [0.15, 0.2) is 0 Å². The van der Waals surface area contributed by atoms with Crippen molar-refractivity contribution in [3.05, 3.63) is 34.9 Å². The lowest BCUT2D eigenvalue weighted by Crippen LogP contribution is -2.22. The molecule has 6 heteroatoms. The Morgan fingerprint density at radius 1 is 1.12 bits per heavy atom. The number of rotatable bonds is 3. The lowest BCUT2D eigenvalue weighted by atomic mass is 9.94. The zero-order valence-corrected chi connectivity index (χ0v) is 8.54. The van der Waals surface area contributed by atoms with Gasteiger partial charge in [-0.2, -0.15) is 0 Å². The van der Waals surface area contributed by atoms with Gasteiger partial charge in [-0.3, -0.25) is 4.79 Å². The van der Waals surface area contributed by atoms with Crippen molar-refractivity contribution in [1.29, 1.82) is 0 Å². The van der Waals surface area contributed by atoms with E-state index in [1.54, 1.807) is 0 Å². The van der Waals surface area contributed by atoms with Crippen LogP contribution in [-0.2, 0) is 10.2 Å². The Hall–Kier alpha value is -1.98. The van der Waals surface area contributed by atoms with Crippen molar-refractivity contribution in [3.63, 3.8) is 0 Å². The van der Waals surface area contributed by atoms with E-state index in [-0.39, 0.29) is 18.4 Å². The van der Waals surface area contributed by atoms with Gasteiger partial charge in [-0.15, -0.1) is 0 Å². The van der Waals surface area contributed by atoms with Crippen LogP contribution in [-0.4, -0.2) is 22.2 Å². The highest BCUT2D eigenvalue weighted by Gasteiger charge is 2.53. The summed E-state index contributed by atoms with van der Waals surface area (Å²) in [5, 5.41) is 17.5. The fourth-order valence-corrected chi connectivity index (χ4v) is 1.80. The largest absolute Gasteiger partial charge is 0.481 e. The van der Waals surface area contributed by atoms with Crippen LogP contribution in [0.3, 0.4) is 0 Å². The minimum Gasteiger partial charge on any atom is -0.481 e. The molecule has 0 atom stereocenters. The average molecular weight is 242 g/mol. The average Bonchev–Trinajstić information content (AvgIpc) is 3.01.